The summed E-state index contributed by atoms with van der Waals surface area (Å²) in [5, 5.41) is 7.22. The Labute approximate surface area is 101 Å². The lowest BCUT2D eigenvalue weighted by Crippen LogP contribution is -2.23. The Morgan fingerprint density at radius 3 is 2.76 bits per heavy atom. The zero-order valence-corrected chi connectivity index (χ0v) is 10.2. The van der Waals surface area contributed by atoms with Crippen molar-refractivity contribution in [3.63, 3.8) is 0 Å². The fourth-order valence-electron chi connectivity index (χ4n) is 1.46. The van der Waals surface area contributed by atoms with Crippen LogP contribution in [-0.4, -0.2) is 38.0 Å². The summed E-state index contributed by atoms with van der Waals surface area (Å²) in [4.78, 5) is 1.97. The third kappa shape index (κ3) is 4.13. The summed E-state index contributed by atoms with van der Waals surface area (Å²) in [5.41, 5.74) is 6.29. The molecule has 0 aliphatic heterocycles. The average molecular weight is 239 g/mol. The van der Waals surface area contributed by atoms with E-state index in [9.17, 15) is 4.39 Å². The van der Waals surface area contributed by atoms with Crippen molar-refractivity contribution in [2.75, 3.05) is 27.3 Å². The quantitative estimate of drug-likeness (QED) is 0.579. The van der Waals surface area contributed by atoms with E-state index in [1.54, 1.807) is 19.2 Å². The van der Waals surface area contributed by atoms with Gasteiger partial charge in [0.25, 0.3) is 0 Å². The van der Waals surface area contributed by atoms with Crippen molar-refractivity contribution in [3.05, 3.63) is 35.1 Å². The molecule has 0 aromatic heterocycles. The molecule has 0 aliphatic rings. The first-order valence-corrected chi connectivity index (χ1v) is 5.35. The molecule has 0 atom stereocenters. The van der Waals surface area contributed by atoms with Crippen molar-refractivity contribution in [2.24, 2.45) is 5.73 Å². The Kier molecular flexibility index (Phi) is 5.06. The highest BCUT2D eigenvalue weighted by atomic mass is 19.1. The zero-order chi connectivity index (χ0) is 12.8. The van der Waals surface area contributed by atoms with Crippen molar-refractivity contribution < 1.29 is 9.13 Å². The first-order chi connectivity index (χ1) is 8.04. The van der Waals surface area contributed by atoms with E-state index in [0.717, 1.165) is 6.54 Å². The number of halogens is 1. The maximum Gasteiger partial charge on any atom is 0.128 e. The van der Waals surface area contributed by atoms with Crippen LogP contribution < -0.4 is 5.73 Å². The molecule has 0 saturated heterocycles. The molecule has 1 aromatic carbocycles. The summed E-state index contributed by atoms with van der Waals surface area (Å²) < 4.78 is 18.6. The number of nitrogens with one attached hydrogen (secondary N) is 1. The number of benzene rings is 1. The Balaban J connectivity index is 2.69. The van der Waals surface area contributed by atoms with E-state index in [1.807, 2.05) is 11.9 Å². The Hall–Kier alpha value is -1.46. The maximum absolute atomic E-state index is 13.7. The molecule has 1 aromatic rings. The molecule has 0 spiro atoms. The number of nitrogens with zero attached hydrogens (tertiary/aromatic N) is 1. The van der Waals surface area contributed by atoms with Crippen molar-refractivity contribution >= 4 is 5.84 Å². The molecule has 5 heteroatoms. The largest absolute Gasteiger partial charge is 0.384 e. The van der Waals surface area contributed by atoms with Crippen LogP contribution in [0.5, 0.6) is 0 Å². The fourth-order valence-corrected chi connectivity index (χ4v) is 1.46. The number of nitrogen functional groups attached to an aromatic ring is 1. The molecule has 17 heavy (non-hydrogen) atoms. The number of rotatable bonds is 6. The number of methoxy groups -OCH3 is 1. The van der Waals surface area contributed by atoms with Crippen LogP contribution in [0.2, 0.25) is 0 Å². The van der Waals surface area contributed by atoms with Gasteiger partial charge in [0, 0.05) is 31.3 Å². The minimum atomic E-state index is -0.332. The van der Waals surface area contributed by atoms with Gasteiger partial charge in [-0.05, 0) is 13.1 Å². The molecule has 0 unspecified atom stereocenters. The molecule has 0 saturated carbocycles. The molecule has 4 nitrogen and oxygen atoms in total. The van der Waals surface area contributed by atoms with Gasteiger partial charge in [-0.25, -0.2) is 4.39 Å². The smallest absolute Gasteiger partial charge is 0.128 e. The Bertz CT molecular complexity index is 395. The SMILES string of the molecule is COCCN(C)Cc1ccc(C(=N)N)cc1F. The minimum absolute atomic E-state index is 0.122. The van der Waals surface area contributed by atoms with E-state index in [1.165, 1.54) is 6.07 Å². The van der Waals surface area contributed by atoms with Crippen molar-refractivity contribution in [1.29, 1.82) is 5.41 Å². The van der Waals surface area contributed by atoms with Gasteiger partial charge in [0.05, 0.1) is 6.61 Å². The van der Waals surface area contributed by atoms with E-state index >= 15 is 0 Å². The lowest BCUT2D eigenvalue weighted by molar-refractivity contribution is 0.158. The Morgan fingerprint density at radius 2 is 2.24 bits per heavy atom. The molecule has 3 N–H and O–H groups in total. The van der Waals surface area contributed by atoms with Crippen LogP contribution in [0.25, 0.3) is 0 Å². The second-order valence-electron chi connectivity index (χ2n) is 3.95. The summed E-state index contributed by atoms with van der Waals surface area (Å²) in [7, 11) is 3.54. The lowest BCUT2D eigenvalue weighted by Gasteiger charge is -2.16. The van der Waals surface area contributed by atoms with Crippen LogP contribution in [0, 0.1) is 11.2 Å². The molecule has 0 aliphatic carbocycles. The van der Waals surface area contributed by atoms with Gasteiger partial charge >= 0.3 is 0 Å². The highest BCUT2D eigenvalue weighted by Gasteiger charge is 2.07. The second-order valence-corrected chi connectivity index (χ2v) is 3.95. The van der Waals surface area contributed by atoms with E-state index in [-0.39, 0.29) is 11.7 Å². The summed E-state index contributed by atoms with van der Waals surface area (Å²) in [6.45, 7) is 1.86. The van der Waals surface area contributed by atoms with E-state index in [4.69, 9.17) is 15.9 Å². The zero-order valence-electron chi connectivity index (χ0n) is 10.2. The van der Waals surface area contributed by atoms with Gasteiger partial charge in [-0.3, -0.25) is 10.3 Å². The van der Waals surface area contributed by atoms with Gasteiger partial charge in [-0.2, -0.15) is 0 Å². The summed E-state index contributed by atoms with van der Waals surface area (Å²) >= 11 is 0. The monoisotopic (exact) mass is 239 g/mol. The molecule has 0 amide bonds. The molecule has 94 valence electrons. The van der Waals surface area contributed by atoms with E-state index < -0.39 is 0 Å². The summed E-state index contributed by atoms with van der Waals surface area (Å²) in [6.07, 6.45) is 0. The van der Waals surface area contributed by atoms with E-state index in [2.05, 4.69) is 0 Å². The molecule has 0 fully saturated rings. The molecule has 0 bridgehead atoms. The molecule has 0 radical (unpaired) electrons. The first kappa shape index (κ1) is 13.6. The number of ether oxygens (including phenoxy) is 1. The van der Waals surface area contributed by atoms with Gasteiger partial charge < -0.3 is 10.5 Å². The normalized spacial score (nSPS) is 10.8. The predicted octanol–water partition coefficient (Wildman–Crippen LogP) is 1.19. The van der Waals surface area contributed by atoms with Gasteiger partial charge in [-0.15, -0.1) is 0 Å². The Morgan fingerprint density at radius 1 is 1.53 bits per heavy atom. The number of likely N-dealkylation sites (N-methyl/N-ethyl adjacent to an activating group) is 1. The standard InChI is InChI=1S/C12H18FN3O/c1-16(5-6-17-2)8-10-4-3-9(12(14)15)7-11(10)13/h3-4,7H,5-6,8H2,1-2H3,(H3,14,15). The van der Waals surface area contributed by atoms with Crippen LogP contribution in [-0.2, 0) is 11.3 Å². The van der Waals surface area contributed by atoms with Crippen LogP contribution in [0.15, 0.2) is 18.2 Å². The molecular formula is C12H18FN3O. The molecule has 0 heterocycles. The minimum Gasteiger partial charge on any atom is -0.384 e. The first-order valence-electron chi connectivity index (χ1n) is 5.35. The lowest BCUT2D eigenvalue weighted by atomic mass is 10.1. The van der Waals surface area contributed by atoms with Crippen molar-refractivity contribution in [2.45, 2.75) is 6.54 Å². The van der Waals surface area contributed by atoms with Crippen LogP contribution in [0.1, 0.15) is 11.1 Å². The summed E-state index contributed by atoms with van der Waals surface area (Å²) in [6, 6.07) is 4.61. The third-order valence-electron chi connectivity index (χ3n) is 2.48. The van der Waals surface area contributed by atoms with Crippen LogP contribution >= 0.6 is 0 Å². The van der Waals surface area contributed by atoms with Gasteiger partial charge in [0.1, 0.15) is 11.7 Å². The van der Waals surface area contributed by atoms with Crippen LogP contribution in [0.3, 0.4) is 0 Å². The molecule has 1 rings (SSSR count). The third-order valence-corrected chi connectivity index (χ3v) is 2.48. The van der Waals surface area contributed by atoms with Crippen molar-refractivity contribution in [1.82, 2.24) is 4.90 Å². The average Bonchev–Trinajstić information content (AvgIpc) is 2.28. The van der Waals surface area contributed by atoms with Gasteiger partial charge in [-0.1, -0.05) is 12.1 Å². The topological polar surface area (TPSA) is 62.3 Å². The second kappa shape index (κ2) is 6.32. The summed E-state index contributed by atoms with van der Waals surface area (Å²) in [5.74, 6) is -0.454. The highest BCUT2D eigenvalue weighted by Crippen LogP contribution is 2.12. The maximum atomic E-state index is 13.7. The molecular weight excluding hydrogens is 221 g/mol. The number of hydrogen-bond donors (Lipinski definition) is 2. The number of hydrogen-bond acceptors (Lipinski definition) is 3. The number of amidine groups is 1. The number of nitrogens with two attached hydrogens (primary N) is 1. The highest BCUT2D eigenvalue weighted by molar-refractivity contribution is 5.94. The predicted molar refractivity (Wildman–Crippen MR) is 65.6 cm³/mol. The fraction of sp³-hybridized carbons (Fsp3) is 0.417. The van der Waals surface area contributed by atoms with Crippen LogP contribution in [0.4, 0.5) is 4.39 Å². The van der Waals surface area contributed by atoms with Gasteiger partial charge in [0.2, 0.25) is 0 Å². The van der Waals surface area contributed by atoms with Crippen molar-refractivity contribution in [3.8, 4) is 0 Å². The van der Waals surface area contributed by atoms with Gasteiger partial charge in [0.15, 0.2) is 0 Å². The van der Waals surface area contributed by atoms with E-state index in [0.29, 0.717) is 24.3 Å².